The number of hydrogen-bond donors (Lipinski definition) is 4. The summed E-state index contributed by atoms with van der Waals surface area (Å²) in [6.45, 7) is 4.72. The van der Waals surface area contributed by atoms with Crippen LogP contribution in [0.2, 0.25) is 0 Å². The number of esters is 4. The summed E-state index contributed by atoms with van der Waals surface area (Å²) in [5.41, 5.74) is 0. The second-order valence-corrected chi connectivity index (χ2v) is 11.8. The van der Waals surface area contributed by atoms with Crippen molar-refractivity contribution in [2.45, 2.75) is 109 Å². The Morgan fingerprint density at radius 3 is 1.14 bits per heavy atom. The molecule has 0 saturated carbocycles. The maximum absolute atomic E-state index is 10.9. The lowest BCUT2D eigenvalue weighted by atomic mass is 10.3. The number of halogens is 4. The highest BCUT2D eigenvalue weighted by molar-refractivity contribution is 8.26. The fourth-order valence-electron chi connectivity index (χ4n) is 1.99. The van der Waals surface area contributed by atoms with Gasteiger partial charge in [-0.2, -0.15) is 0 Å². The first kappa shape index (κ1) is 81.6. The first-order chi connectivity index (χ1) is 23.3. The van der Waals surface area contributed by atoms with Gasteiger partial charge in [0.25, 0.3) is 5.97 Å². The lowest BCUT2D eigenvalue weighted by Gasteiger charge is -2.25. The van der Waals surface area contributed by atoms with E-state index in [0.717, 1.165) is 14.0 Å². The summed E-state index contributed by atoms with van der Waals surface area (Å²) in [6, 6.07) is 0. The fourth-order valence-corrected chi connectivity index (χ4v) is 2.08. The lowest BCUT2D eigenvalue weighted by molar-refractivity contribution is -0.173. The summed E-state index contributed by atoms with van der Waals surface area (Å²) in [6.07, 6.45) is 0.0946. The molecule has 0 spiro atoms. The number of carbonyl (C=O) groups excluding carboxylic acids is 6. The molecule has 0 aromatic rings. The zero-order chi connectivity index (χ0) is 40.1. The predicted octanol–water partition coefficient (Wildman–Crippen LogP) is 5.07. The average molecular weight is 929 g/mol. The van der Waals surface area contributed by atoms with Crippen LogP contribution in [0.15, 0.2) is 0 Å². The Bertz CT molecular complexity index is 914. The molecule has 0 atom stereocenters. The van der Waals surface area contributed by atoms with Crippen molar-refractivity contribution >= 4 is 100 Å². The summed E-state index contributed by atoms with van der Waals surface area (Å²) >= 11 is 9.67. The van der Waals surface area contributed by atoms with E-state index < -0.39 is 50.3 Å². The number of carboxylic acids is 2. The number of aliphatic hydroxyl groups is 2. The van der Waals surface area contributed by atoms with Gasteiger partial charge in [-0.25, -0.2) is 4.21 Å². The van der Waals surface area contributed by atoms with Crippen LogP contribution in [-0.2, 0) is 76.0 Å². The molecule has 19 nitrogen and oxygen atoms in total. The van der Waals surface area contributed by atoms with Gasteiger partial charge < -0.3 is 48.8 Å². The van der Waals surface area contributed by atoms with Gasteiger partial charge in [-0.05, 0) is 23.2 Å². The molecule has 0 aliphatic carbocycles. The molecule has 3 aliphatic rings. The minimum Gasteiger partial charge on any atom is -0.481 e. The molecule has 4 N–H and O–H groups in total. The summed E-state index contributed by atoms with van der Waals surface area (Å²) in [4.78, 5) is 80.2. The van der Waals surface area contributed by atoms with E-state index >= 15 is 0 Å². The van der Waals surface area contributed by atoms with E-state index in [1.807, 2.05) is 0 Å². The fraction of sp³-hybridized carbons (Fsp3) is 0.750. The Labute approximate surface area is 353 Å². The number of cyclic esters (lactones) is 2. The number of rotatable bonds is 10. The third kappa shape index (κ3) is 88.6. The molecule has 3 heterocycles. The van der Waals surface area contributed by atoms with E-state index in [9.17, 15) is 33.6 Å². The normalized spacial score (nSPS) is 12.1. The van der Waals surface area contributed by atoms with Crippen molar-refractivity contribution in [1.82, 2.24) is 0 Å². The molecule has 24 heteroatoms. The van der Waals surface area contributed by atoms with Crippen LogP contribution in [0, 0.1) is 0 Å². The van der Waals surface area contributed by atoms with Gasteiger partial charge in [0.2, 0.25) is 19.7 Å². The standard InChI is InChI=1S/C7H9ClO4.C7H10O5.C4H4O3.C3H8O2.C2H3ClO.C2H4O2.CH4O.6CH4.Cl2OS/c2*8-6(9)1-2-7(10)12-5-3-11-4-5;5-3-1-2-4(6)7-3;1-5-3-2-4;2*1-2(3)4;1-2;;;;;;;1-4(2)3/h5H,1-4H2;5H,1-4H2,(H,8,9);1-2H2;4H,2-3H2,1H3;1H3;1H3,(H,3,4);2H,1H3;6*1H4;. The molecule has 342 valence electrons. The van der Waals surface area contributed by atoms with Crippen molar-refractivity contribution in [2.75, 3.05) is 53.9 Å². The molecule has 56 heavy (non-hydrogen) atoms. The summed E-state index contributed by atoms with van der Waals surface area (Å²) in [5.74, 6) is -3.48. The average Bonchev–Trinajstić information content (AvgIpc) is 3.34. The van der Waals surface area contributed by atoms with Crippen LogP contribution in [0.3, 0.4) is 0 Å². The highest BCUT2D eigenvalue weighted by Crippen LogP contribution is 2.08. The summed E-state index contributed by atoms with van der Waals surface area (Å²) < 4.78 is 36.8. The number of carboxylic acid groups (broad SMARTS) is 2. The molecule has 0 aromatic carbocycles. The van der Waals surface area contributed by atoms with E-state index in [1.165, 1.54) is 6.92 Å². The lowest BCUT2D eigenvalue weighted by Crippen LogP contribution is -2.37. The zero-order valence-electron chi connectivity index (χ0n) is 27.5. The Hall–Kier alpha value is -2.53. The van der Waals surface area contributed by atoms with Crippen LogP contribution in [-0.4, -0.2) is 137 Å². The Kier molecular flexibility index (Phi) is 86.2. The SMILES string of the molecule is C.C.C.C.C.C.CC(=O)Cl.CC(=O)O.CO.COCCO.O=C(Cl)CCC(=O)OC1COC1.O=C(O)CCC(=O)OC1COC1.O=C1CCC(=O)O1.O=S(Cl)Cl. The molecule has 0 radical (unpaired) electrons. The first-order valence-corrected chi connectivity index (χ1v) is 17.1. The van der Waals surface area contributed by atoms with Crippen LogP contribution in [0.25, 0.3) is 0 Å². The highest BCUT2D eigenvalue weighted by Gasteiger charge is 2.23. The van der Waals surface area contributed by atoms with E-state index in [4.69, 9.17) is 60.0 Å². The molecular formula is C32H66Cl4O19S. The van der Waals surface area contributed by atoms with Crippen LogP contribution >= 0.6 is 44.6 Å². The number of ether oxygens (including phenoxy) is 6. The van der Waals surface area contributed by atoms with Crippen molar-refractivity contribution in [3.05, 3.63) is 0 Å². The molecule has 0 amide bonds. The van der Waals surface area contributed by atoms with Gasteiger partial charge in [0, 0.05) is 55.9 Å². The Balaban J connectivity index is -0.0000000479. The number of aliphatic hydroxyl groups excluding tert-OH is 2. The molecule has 3 rings (SSSR count). The van der Waals surface area contributed by atoms with Gasteiger partial charge >= 0.3 is 29.8 Å². The van der Waals surface area contributed by atoms with E-state index in [-0.39, 0.29) is 107 Å². The van der Waals surface area contributed by atoms with Gasteiger partial charge in [-0.1, -0.05) is 44.6 Å². The van der Waals surface area contributed by atoms with Crippen molar-refractivity contribution < 1.29 is 91.4 Å². The molecule has 3 aliphatic heterocycles. The zero-order valence-corrected chi connectivity index (χ0v) is 31.3. The minimum atomic E-state index is -1.67. The van der Waals surface area contributed by atoms with Gasteiger partial charge in [-0.3, -0.25) is 38.4 Å². The number of carbonyl (C=O) groups is 8. The molecular weight excluding hydrogens is 862 g/mol. The van der Waals surface area contributed by atoms with Gasteiger partial charge in [0.1, 0.15) is 12.2 Å². The van der Waals surface area contributed by atoms with Crippen molar-refractivity contribution in [1.29, 1.82) is 0 Å². The van der Waals surface area contributed by atoms with Crippen molar-refractivity contribution in [3.63, 3.8) is 0 Å². The summed E-state index contributed by atoms with van der Waals surface area (Å²) in [7, 11) is 9.91. The smallest absolute Gasteiger partial charge is 0.314 e. The third-order valence-corrected chi connectivity index (χ3v) is 4.13. The Morgan fingerprint density at radius 1 is 0.714 bits per heavy atom. The molecule has 3 saturated heterocycles. The molecule has 3 fully saturated rings. The van der Waals surface area contributed by atoms with Crippen LogP contribution in [0.4, 0.5) is 0 Å². The second kappa shape index (κ2) is 59.2. The van der Waals surface area contributed by atoms with E-state index in [0.29, 0.717) is 33.0 Å². The molecule has 0 bridgehead atoms. The van der Waals surface area contributed by atoms with Crippen molar-refractivity contribution in [2.24, 2.45) is 0 Å². The Morgan fingerprint density at radius 2 is 1.00 bits per heavy atom. The number of hydrogen-bond acceptors (Lipinski definition) is 17. The number of methoxy groups -OCH3 is 1. The minimum absolute atomic E-state index is 0. The maximum Gasteiger partial charge on any atom is 0.314 e. The summed E-state index contributed by atoms with van der Waals surface area (Å²) in [5, 5.41) is 29.7. The topological polar surface area (TPSA) is 290 Å². The number of aliphatic carboxylic acids is 2. The quantitative estimate of drug-likeness (QED) is 0.0962. The monoisotopic (exact) mass is 926 g/mol. The van der Waals surface area contributed by atoms with E-state index in [1.54, 1.807) is 7.11 Å². The largest absolute Gasteiger partial charge is 0.481 e. The second-order valence-electron chi connectivity index (χ2n) is 8.28. The predicted molar refractivity (Wildman–Crippen MR) is 216 cm³/mol. The van der Waals surface area contributed by atoms with Crippen LogP contribution in [0.5, 0.6) is 0 Å². The van der Waals surface area contributed by atoms with E-state index in [2.05, 4.69) is 42.4 Å². The molecule has 0 unspecified atom stereocenters. The first-order valence-electron chi connectivity index (χ1n) is 13.6. The van der Waals surface area contributed by atoms with Gasteiger partial charge in [0.15, 0.2) is 0 Å². The highest BCUT2D eigenvalue weighted by atomic mass is 36.0. The third-order valence-electron chi connectivity index (χ3n) is 3.94. The van der Waals surface area contributed by atoms with Crippen molar-refractivity contribution in [3.8, 4) is 0 Å². The van der Waals surface area contributed by atoms with Crippen LogP contribution < -0.4 is 0 Å². The van der Waals surface area contributed by atoms with Gasteiger partial charge in [-0.15, -0.1) is 0 Å². The van der Waals surface area contributed by atoms with Gasteiger partial charge in [0.05, 0.1) is 71.7 Å². The molecule has 0 aromatic heterocycles. The maximum atomic E-state index is 10.9. The van der Waals surface area contributed by atoms with Crippen LogP contribution in [0.1, 0.15) is 96.9 Å².